The molecule has 0 radical (unpaired) electrons. The third-order valence-electron chi connectivity index (χ3n) is 2.47. The lowest BCUT2D eigenvalue weighted by molar-refractivity contribution is 0.390. The Morgan fingerprint density at radius 2 is 2.17 bits per heavy atom. The summed E-state index contributed by atoms with van der Waals surface area (Å²) < 4.78 is 0. The molecule has 2 N–H and O–H groups in total. The van der Waals surface area contributed by atoms with E-state index in [1.54, 1.807) is 6.20 Å². The van der Waals surface area contributed by atoms with Crippen molar-refractivity contribution in [3.8, 4) is 0 Å². The molecule has 1 aromatic heterocycles. The predicted octanol–water partition coefficient (Wildman–Crippen LogP) is 2.31. The molecule has 1 rings (SSSR count). The van der Waals surface area contributed by atoms with Crippen LogP contribution in [0, 0.1) is 0 Å². The van der Waals surface area contributed by atoms with Crippen molar-refractivity contribution in [2.45, 2.75) is 26.3 Å². The van der Waals surface area contributed by atoms with Crippen LogP contribution >= 0.6 is 11.6 Å². The topological polar surface area (TPSA) is 53.1 Å². The zero-order valence-electron chi connectivity index (χ0n) is 11.5. The molecular weight excluding hydrogens is 250 g/mol. The molecule has 18 heavy (non-hydrogen) atoms. The van der Waals surface area contributed by atoms with E-state index in [0.717, 1.165) is 19.5 Å². The first-order valence-corrected chi connectivity index (χ1v) is 6.58. The first kappa shape index (κ1) is 15.0. The normalized spacial score (nSPS) is 12.6. The summed E-state index contributed by atoms with van der Waals surface area (Å²) >= 11 is 6.08. The van der Waals surface area contributed by atoms with Gasteiger partial charge in [-0.3, -0.25) is 0 Å². The van der Waals surface area contributed by atoms with Crippen LogP contribution in [0.5, 0.6) is 0 Å². The van der Waals surface area contributed by atoms with E-state index in [4.69, 9.17) is 11.6 Å². The smallest absolute Gasteiger partial charge is 0.224 e. The van der Waals surface area contributed by atoms with Gasteiger partial charge in [0.25, 0.3) is 0 Å². The SMILES string of the molecule is CCNc1ncc(Cl)c(NC(C)CCN(C)C)n1. The number of anilines is 2. The second kappa shape index (κ2) is 7.38. The first-order chi connectivity index (χ1) is 8.52. The minimum atomic E-state index is 0.314. The number of nitrogens with zero attached hydrogens (tertiary/aromatic N) is 3. The van der Waals surface area contributed by atoms with E-state index in [1.165, 1.54) is 0 Å². The Morgan fingerprint density at radius 3 is 2.78 bits per heavy atom. The molecule has 1 atom stereocenters. The number of hydrogen-bond acceptors (Lipinski definition) is 5. The van der Waals surface area contributed by atoms with Crippen molar-refractivity contribution in [3.63, 3.8) is 0 Å². The highest BCUT2D eigenvalue weighted by atomic mass is 35.5. The van der Waals surface area contributed by atoms with Gasteiger partial charge in [-0.2, -0.15) is 4.98 Å². The van der Waals surface area contributed by atoms with Gasteiger partial charge in [-0.05, 0) is 40.9 Å². The zero-order chi connectivity index (χ0) is 13.5. The van der Waals surface area contributed by atoms with Crippen molar-refractivity contribution < 1.29 is 0 Å². The number of hydrogen-bond donors (Lipinski definition) is 2. The molecule has 0 aromatic carbocycles. The average Bonchev–Trinajstić information content (AvgIpc) is 2.31. The molecular formula is C12H22ClN5. The van der Waals surface area contributed by atoms with Crippen molar-refractivity contribution in [2.75, 3.05) is 37.8 Å². The van der Waals surface area contributed by atoms with Crippen molar-refractivity contribution >= 4 is 23.4 Å². The minimum Gasteiger partial charge on any atom is -0.366 e. The summed E-state index contributed by atoms with van der Waals surface area (Å²) in [6, 6.07) is 0.314. The van der Waals surface area contributed by atoms with Crippen LogP contribution in [0.1, 0.15) is 20.3 Å². The van der Waals surface area contributed by atoms with Gasteiger partial charge in [0.1, 0.15) is 5.02 Å². The van der Waals surface area contributed by atoms with Gasteiger partial charge < -0.3 is 15.5 Å². The Balaban J connectivity index is 2.61. The molecule has 1 unspecified atom stereocenters. The van der Waals surface area contributed by atoms with Crippen molar-refractivity contribution in [1.29, 1.82) is 0 Å². The average molecular weight is 272 g/mol. The Labute approximate surface area is 114 Å². The number of halogens is 1. The molecule has 1 heterocycles. The van der Waals surface area contributed by atoms with Crippen molar-refractivity contribution in [2.24, 2.45) is 0 Å². The molecule has 0 saturated heterocycles. The highest BCUT2D eigenvalue weighted by molar-refractivity contribution is 6.32. The third kappa shape index (κ3) is 5.06. The van der Waals surface area contributed by atoms with Crippen molar-refractivity contribution in [3.05, 3.63) is 11.2 Å². The van der Waals surface area contributed by atoms with E-state index < -0.39 is 0 Å². The fourth-order valence-corrected chi connectivity index (χ4v) is 1.61. The fourth-order valence-electron chi connectivity index (χ4n) is 1.47. The summed E-state index contributed by atoms with van der Waals surface area (Å²) in [4.78, 5) is 10.6. The van der Waals surface area contributed by atoms with Crippen LogP contribution in [-0.2, 0) is 0 Å². The minimum absolute atomic E-state index is 0.314. The molecule has 0 bridgehead atoms. The van der Waals surface area contributed by atoms with Gasteiger partial charge in [0.15, 0.2) is 5.82 Å². The third-order valence-corrected chi connectivity index (χ3v) is 2.75. The molecule has 0 aliphatic rings. The van der Waals surface area contributed by atoms with Crippen LogP contribution in [0.15, 0.2) is 6.20 Å². The van der Waals surface area contributed by atoms with Crippen LogP contribution in [0.2, 0.25) is 5.02 Å². The Hall–Kier alpha value is -1.07. The van der Waals surface area contributed by atoms with Gasteiger partial charge in [0.05, 0.1) is 6.20 Å². The molecule has 0 amide bonds. The zero-order valence-corrected chi connectivity index (χ0v) is 12.3. The maximum atomic E-state index is 6.08. The van der Waals surface area contributed by atoms with E-state index >= 15 is 0 Å². The second-order valence-corrected chi connectivity index (χ2v) is 4.97. The molecule has 0 aliphatic heterocycles. The van der Waals surface area contributed by atoms with E-state index in [2.05, 4.69) is 46.5 Å². The summed E-state index contributed by atoms with van der Waals surface area (Å²) in [5.74, 6) is 1.29. The van der Waals surface area contributed by atoms with Crippen LogP contribution in [0.4, 0.5) is 11.8 Å². The number of aromatic nitrogens is 2. The maximum Gasteiger partial charge on any atom is 0.224 e. The van der Waals surface area contributed by atoms with Gasteiger partial charge in [0.2, 0.25) is 5.95 Å². The molecule has 6 heteroatoms. The largest absolute Gasteiger partial charge is 0.366 e. The highest BCUT2D eigenvalue weighted by Gasteiger charge is 2.09. The Kier molecular flexibility index (Phi) is 6.15. The molecule has 102 valence electrons. The highest BCUT2D eigenvalue weighted by Crippen LogP contribution is 2.20. The quantitative estimate of drug-likeness (QED) is 0.797. The van der Waals surface area contributed by atoms with Crippen LogP contribution < -0.4 is 10.6 Å². The molecule has 0 spiro atoms. The van der Waals surface area contributed by atoms with E-state index in [-0.39, 0.29) is 0 Å². The lowest BCUT2D eigenvalue weighted by Crippen LogP contribution is -2.23. The lowest BCUT2D eigenvalue weighted by Gasteiger charge is -2.18. The summed E-state index contributed by atoms with van der Waals surface area (Å²) in [6.07, 6.45) is 2.65. The summed E-state index contributed by atoms with van der Waals surface area (Å²) in [7, 11) is 4.13. The molecule has 1 aromatic rings. The predicted molar refractivity (Wildman–Crippen MR) is 77.5 cm³/mol. The van der Waals surface area contributed by atoms with Gasteiger partial charge >= 0.3 is 0 Å². The van der Waals surface area contributed by atoms with Crippen LogP contribution in [-0.4, -0.2) is 48.1 Å². The number of rotatable bonds is 7. The molecule has 0 fully saturated rings. The molecule has 5 nitrogen and oxygen atoms in total. The second-order valence-electron chi connectivity index (χ2n) is 4.56. The number of nitrogens with one attached hydrogen (secondary N) is 2. The Morgan fingerprint density at radius 1 is 1.44 bits per heavy atom. The van der Waals surface area contributed by atoms with Gasteiger partial charge in [-0.25, -0.2) is 4.98 Å². The van der Waals surface area contributed by atoms with E-state index in [9.17, 15) is 0 Å². The van der Waals surface area contributed by atoms with Gasteiger partial charge in [-0.1, -0.05) is 11.6 Å². The molecule has 0 aliphatic carbocycles. The molecule has 0 saturated carbocycles. The fraction of sp³-hybridized carbons (Fsp3) is 0.667. The summed E-state index contributed by atoms with van der Waals surface area (Å²) in [5, 5.41) is 6.93. The summed E-state index contributed by atoms with van der Waals surface area (Å²) in [5.41, 5.74) is 0. The van der Waals surface area contributed by atoms with E-state index in [0.29, 0.717) is 22.8 Å². The van der Waals surface area contributed by atoms with Gasteiger partial charge in [0, 0.05) is 12.6 Å². The Bertz CT molecular complexity index is 369. The van der Waals surface area contributed by atoms with Gasteiger partial charge in [-0.15, -0.1) is 0 Å². The lowest BCUT2D eigenvalue weighted by atomic mass is 10.2. The maximum absolute atomic E-state index is 6.08. The monoisotopic (exact) mass is 271 g/mol. The van der Waals surface area contributed by atoms with Crippen LogP contribution in [0.25, 0.3) is 0 Å². The van der Waals surface area contributed by atoms with E-state index in [1.807, 2.05) is 6.92 Å². The van der Waals surface area contributed by atoms with Crippen molar-refractivity contribution in [1.82, 2.24) is 14.9 Å². The first-order valence-electron chi connectivity index (χ1n) is 6.20. The standard InChI is InChI=1S/C12H22ClN5/c1-5-14-12-15-8-10(13)11(17-12)16-9(2)6-7-18(3)4/h8-9H,5-7H2,1-4H3,(H2,14,15,16,17). The summed E-state index contributed by atoms with van der Waals surface area (Å²) in [6.45, 7) is 5.94. The van der Waals surface area contributed by atoms with Crippen LogP contribution in [0.3, 0.4) is 0 Å².